The molecule has 0 aromatic heterocycles. The Labute approximate surface area is 110 Å². The maximum absolute atomic E-state index is 9.71. The fourth-order valence-corrected chi connectivity index (χ4v) is 2.23. The van der Waals surface area contributed by atoms with E-state index in [1.807, 2.05) is 13.1 Å². The molecule has 1 aliphatic carbocycles. The van der Waals surface area contributed by atoms with Gasteiger partial charge in [0.2, 0.25) is 0 Å². The molecule has 1 aliphatic rings. The average Bonchev–Trinajstić information content (AvgIpc) is 2.43. The Morgan fingerprint density at radius 1 is 1.28 bits per heavy atom. The van der Waals surface area contributed by atoms with Crippen LogP contribution in [0, 0.1) is 5.92 Å². The first-order valence-corrected chi connectivity index (χ1v) is 6.81. The molecule has 0 unspecified atom stereocenters. The number of phenols is 2. The molecular formula is C15H25NO2. The van der Waals surface area contributed by atoms with Crippen molar-refractivity contribution in [2.75, 3.05) is 13.6 Å². The first-order chi connectivity index (χ1) is 8.63. The van der Waals surface area contributed by atoms with E-state index >= 15 is 0 Å². The van der Waals surface area contributed by atoms with Crippen molar-refractivity contribution in [1.82, 2.24) is 5.32 Å². The van der Waals surface area contributed by atoms with E-state index in [4.69, 9.17) is 0 Å². The normalized spacial score (nSPS) is 17.6. The number of nitrogens with one attached hydrogen (secondary N) is 1. The van der Waals surface area contributed by atoms with Gasteiger partial charge in [-0.1, -0.05) is 26.3 Å². The molecule has 0 radical (unpaired) electrons. The van der Waals surface area contributed by atoms with Crippen molar-refractivity contribution in [3.05, 3.63) is 23.3 Å². The Bertz CT molecular complexity index is 375. The Balaban J connectivity index is 0.000000357. The maximum atomic E-state index is 9.71. The topological polar surface area (TPSA) is 52.5 Å². The van der Waals surface area contributed by atoms with Gasteiger partial charge in [0.05, 0.1) is 0 Å². The molecule has 18 heavy (non-hydrogen) atoms. The van der Waals surface area contributed by atoms with Gasteiger partial charge in [0.15, 0.2) is 11.5 Å². The lowest BCUT2D eigenvalue weighted by Crippen LogP contribution is -2.13. The third-order valence-corrected chi connectivity index (χ3v) is 3.60. The number of phenolic OH excluding ortho intramolecular Hbond substituents is 2. The van der Waals surface area contributed by atoms with E-state index in [-0.39, 0.29) is 11.5 Å². The third-order valence-electron chi connectivity index (χ3n) is 3.60. The van der Waals surface area contributed by atoms with Crippen molar-refractivity contribution < 1.29 is 10.2 Å². The minimum atomic E-state index is 0.0144. The Hall–Kier alpha value is -1.22. The number of hydrogen-bond acceptors (Lipinski definition) is 3. The summed E-state index contributed by atoms with van der Waals surface area (Å²) in [5.74, 6) is 0.774. The summed E-state index contributed by atoms with van der Waals surface area (Å²) in [6.07, 6.45) is 4.29. The summed E-state index contributed by atoms with van der Waals surface area (Å²) in [4.78, 5) is 0. The van der Waals surface area contributed by atoms with Crippen LogP contribution in [-0.2, 0) is 12.8 Å². The highest BCUT2D eigenvalue weighted by molar-refractivity contribution is 5.50. The number of hydrogen-bond donors (Lipinski definition) is 3. The molecule has 0 heterocycles. The van der Waals surface area contributed by atoms with Gasteiger partial charge in [-0.3, -0.25) is 0 Å². The van der Waals surface area contributed by atoms with E-state index in [2.05, 4.69) is 19.2 Å². The Morgan fingerprint density at radius 3 is 2.50 bits per heavy atom. The third kappa shape index (κ3) is 3.64. The van der Waals surface area contributed by atoms with Crippen LogP contribution < -0.4 is 5.32 Å². The second-order valence-corrected chi connectivity index (χ2v) is 4.80. The Morgan fingerprint density at radius 2 is 1.94 bits per heavy atom. The molecule has 1 aromatic carbocycles. The lowest BCUT2D eigenvalue weighted by Gasteiger charge is -2.24. The largest absolute Gasteiger partial charge is 0.504 e. The van der Waals surface area contributed by atoms with Crippen LogP contribution in [0.4, 0.5) is 0 Å². The van der Waals surface area contributed by atoms with E-state index in [0.717, 1.165) is 31.4 Å². The van der Waals surface area contributed by atoms with Gasteiger partial charge in [-0.15, -0.1) is 0 Å². The number of benzene rings is 1. The molecule has 0 amide bonds. The lowest BCUT2D eigenvalue weighted by atomic mass is 9.82. The fraction of sp³-hybridized carbons (Fsp3) is 0.600. The predicted molar refractivity (Wildman–Crippen MR) is 75.2 cm³/mol. The Kier molecular flexibility index (Phi) is 5.99. The van der Waals surface area contributed by atoms with Crippen LogP contribution >= 0.6 is 0 Å². The van der Waals surface area contributed by atoms with E-state index < -0.39 is 0 Å². The van der Waals surface area contributed by atoms with E-state index in [0.29, 0.717) is 5.92 Å². The molecule has 3 heteroatoms. The summed E-state index contributed by atoms with van der Waals surface area (Å²) in [6.45, 7) is 5.31. The molecule has 3 nitrogen and oxygen atoms in total. The molecule has 3 N–H and O–H groups in total. The predicted octanol–water partition coefficient (Wildman–Crippen LogP) is 2.84. The first kappa shape index (κ1) is 14.8. The molecule has 1 aromatic rings. The van der Waals surface area contributed by atoms with Crippen molar-refractivity contribution in [1.29, 1.82) is 0 Å². The van der Waals surface area contributed by atoms with E-state index in [1.165, 1.54) is 12.0 Å². The van der Waals surface area contributed by atoms with Crippen molar-refractivity contribution in [3.8, 4) is 11.5 Å². The smallest absolute Gasteiger partial charge is 0.160 e. The molecule has 102 valence electrons. The SMILES string of the molecule is CCNC.CC[C@H]1CCc2ccc(O)c(O)c2C1. The van der Waals surface area contributed by atoms with E-state index in [1.54, 1.807) is 6.07 Å². The molecule has 2 rings (SSSR count). The van der Waals surface area contributed by atoms with Gasteiger partial charge in [0.25, 0.3) is 0 Å². The maximum Gasteiger partial charge on any atom is 0.160 e. The molecule has 0 spiro atoms. The van der Waals surface area contributed by atoms with Gasteiger partial charge >= 0.3 is 0 Å². The van der Waals surface area contributed by atoms with Crippen molar-refractivity contribution in [2.45, 2.75) is 39.5 Å². The van der Waals surface area contributed by atoms with Gasteiger partial charge < -0.3 is 15.5 Å². The van der Waals surface area contributed by atoms with Gasteiger partial charge in [0, 0.05) is 5.56 Å². The number of aryl methyl sites for hydroxylation is 1. The molecule has 1 atom stereocenters. The zero-order valence-electron chi connectivity index (χ0n) is 11.7. The van der Waals surface area contributed by atoms with Crippen LogP contribution in [-0.4, -0.2) is 23.8 Å². The van der Waals surface area contributed by atoms with Crippen molar-refractivity contribution in [2.24, 2.45) is 5.92 Å². The summed E-state index contributed by atoms with van der Waals surface area (Å²) in [7, 11) is 1.93. The summed E-state index contributed by atoms with van der Waals surface area (Å²) in [5.41, 5.74) is 2.16. The highest BCUT2D eigenvalue weighted by Crippen LogP contribution is 2.37. The van der Waals surface area contributed by atoms with Crippen molar-refractivity contribution in [3.63, 3.8) is 0 Å². The highest BCUT2D eigenvalue weighted by atomic mass is 16.3. The van der Waals surface area contributed by atoms with Gasteiger partial charge in [-0.05, 0) is 50.4 Å². The van der Waals surface area contributed by atoms with Gasteiger partial charge in [0.1, 0.15) is 0 Å². The van der Waals surface area contributed by atoms with Crippen molar-refractivity contribution >= 4 is 0 Å². The quantitative estimate of drug-likeness (QED) is 0.708. The van der Waals surface area contributed by atoms with Crippen LogP contribution in [0.3, 0.4) is 0 Å². The molecule has 0 bridgehead atoms. The summed E-state index contributed by atoms with van der Waals surface area (Å²) in [6, 6.07) is 3.51. The summed E-state index contributed by atoms with van der Waals surface area (Å²) in [5, 5.41) is 22.0. The second-order valence-electron chi connectivity index (χ2n) is 4.80. The zero-order valence-corrected chi connectivity index (χ0v) is 11.7. The monoisotopic (exact) mass is 251 g/mol. The van der Waals surface area contributed by atoms with Crippen LogP contribution in [0.25, 0.3) is 0 Å². The summed E-state index contributed by atoms with van der Waals surface area (Å²) >= 11 is 0. The molecule has 0 saturated carbocycles. The van der Waals surface area contributed by atoms with Crippen LogP contribution in [0.15, 0.2) is 12.1 Å². The molecule has 0 saturated heterocycles. The second kappa shape index (κ2) is 7.27. The lowest BCUT2D eigenvalue weighted by molar-refractivity contribution is 0.380. The highest BCUT2D eigenvalue weighted by Gasteiger charge is 2.21. The number of rotatable bonds is 2. The van der Waals surface area contributed by atoms with Gasteiger partial charge in [-0.2, -0.15) is 0 Å². The molecule has 0 aliphatic heterocycles. The van der Waals surface area contributed by atoms with E-state index in [9.17, 15) is 10.2 Å². The summed E-state index contributed by atoms with van der Waals surface area (Å²) < 4.78 is 0. The fourth-order valence-electron chi connectivity index (χ4n) is 2.23. The van der Waals surface area contributed by atoms with Crippen LogP contribution in [0.5, 0.6) is 11.5 Å². The number of fused-ring (bicyclic) bond motifs is 1. The minimum Gasteiger partial charge on any atom is -0.504 e. The first-order valence-electron chi connectivity index (χ1n) is 6.81. The average molecular weight is 251 g/mol. The molecular weight excluding hydrogens is 226 g/mol. The minimum absolute atomic E-state index is 0.0144. The van der Waals surface area contributed by atoms with Gasteiger partial charge in [-0.25, -0.2) is 0 Å². The zero-order chi connectivity index (χ0) is 13.5. The van der Waals surface area contributed by atoms with Crippen LogP contribution in [0.2, 0.25) is 0 Å². The van der Waals surface area contributed by atoms with Crippen LogP contribution in [0.1, 0.15) is 37.8 Å². The number of aromatic hydroxyl groups is 2. The standard InChI is InChI=1S/C12H16O2.C3H9N/c1-2-8-3-4-9-5-6-11(13)12(14)10(9)7-8;1-3-4-2/h5-6,8,13-14H,2-4,7H2,1H3;4H,3H2,1-2H3/t8-;/m0./s1. The molecule has 0 fully saturated rings.